The molecule has 7 heteroatoms. The standard InChI is InChI=1S/C18H22N4O3/c1-12-10-16(25-21-12)20-18(24)13(2)19-14-6-5-7-15(11-14)22-9-4-3-8-17(22)23/h5-7,10-11,13,19H,3-4,8-9H2,1-2H3,(H,20,24). The molecule has 0 spiro atoms. The number of carbonyl (C=O) groups is 2. The van der Waals surface area contributed by atoms with Crippen molar-refractivity contribution >= 4 is 29.1 Å². The lowest BCUT2D eigenvalue weighted by atomic mass is 10.1. The Hall–Kier alpha value is -2.83. The van der Waals surface area contributed by atoms with Gasteiger partial charge in [-0.05, 0) is 44.9 Å². The molecule has 1 saturated heterocycles. The van der Waals surface area contributed by atoms with Crippen molar-refractivity contribution in [2.45, 2.75) is 39.2 Å². The van der Waals surface area contributed by atoms with Crippen LogP contribution in [0.2, 0.25) is 0 Å². The Morgan fingerprint density at radius 2 is 2.16 bits per heavy atom. The number of nitrogens with zero attached hydrogens (tertiary/aromatic N) is 2. The Balaban J connectivity index is 1.64. The highest BCUT2D eigenvalue weighted by atomic mass is 16.5. The number of piperidine rings is 1. The summed E-state index contributed by atoms with van der Waals surface area (Å²) in [6.45, 7) is 4.29. The van der Waals surface area contributed by atoms with E-state index < -0.39 is 6.04 Å². The Morgan fingerprint density at radius 3 is 2.88 bits per heavy atom. The number of amides is 2. The van der Waals surface area contributed by atoms with Crippen molar-refractivity contribution < 1.29 is 14.1 Å². The number of anilines is 3. The molecule has 3 rings (SSSR count). The number of aromatic nitrogens is 1. The topological polar surface area (TPSA) is 87.5 Å². The molecule has 25 heavy (non-hydrogen) atoms. The molecule has 1 atom stereocenters. The van der Waals surface area contributed by atoms with Gasteiger partial charge in [0.1, 0.15) is 6.04 Å². The van der Waals surface area contributed by atoms with E-state index in [0.29, 0.717) is 18.0 Å². The summed E-state index contributed by atoms with van der Waals surface area (Å²) in [6, 6.07) is 8.75. The van der Waals surface area contributed by atoms with Gasteiger partial charge in [0.2, 0.25) is 17.7 Å². The quantitative estimate of drug-likeness (QED) is 0.872. The molecule has 2 heterocycles. The van der Waals surface area contributed by atoms with Crippen molar-refractivity contribution in [2.24, 2.45) is 0 Å². The van der Waals surface area contributed by atoms with E-state index in [1.165, 1.54) is 0 Å². The zero-order valence-electron chi connectivity index (χ0n) is 14.4. The molecule has 2 N–H and O–H groups in total. The third kappa shape index (κ3) is 4.17. The monoisotopic (exact) mass is 342 g/mol. The highest BCUT2D eigenvalue weighted by Gasteiger charge is 2.20. The number of benzene rings is 1. The van der Waals surface area contributed by atoms with Gasteiger partial charge in [-0.25, -0.2) is 0 Å². The lowest BCUT2D eigenvalue weighted by Crippen LogP contribution is -2.35. The maximum atomic E-state index is 12.2. The fraction of sp³-hybridized carbons (Fsp3) is 0.389. The lowest BCUT2D eigenvalue weighted by Gasteiger charge is -2.27. The second kappa shape index (κ2) is 7.38. The third-order valence-electron chi connectivity index (χ3n) is 4.13. The molecule has 7 nitrogen and oxygen atoms in total. The van der Waals surface area contributed by atoms with Gasteiger partial charge in [0, 0.05) is 30.4 Å². The van der Waals surface area contributed by atoms with Crippen molar-refractivity contribution in [3.05, 3.63) is 36.0 Å². The van der Waals surface area contributed by atoms with Crippen molar-refractivity contribution in [1.82, 2.24) is 5.16 Å². The van der Waals surface area contributed by atoms with E-state index in [-0.39, 0.29) is 11.8 Å². The van der Waals surface area contributed by atoms with Gasteiger partial charge < -0.3 is 14.7 Å². The van der Waals surface area contributed by atoms with Crippen LogP contribution in [0, 0.1) is 6.92 Å². The predicted octanol–water partition coefficient (Wildman–Crippen LogP) is 2.94. The first-order valence-electron chi connectivity index (χ1n) is 8.44. The van der Waals surface area contributed by atoms with E-state index in [1.807, 2.05) is 24.3 Å². The Bertz CT molecular complexity index is 771. The summed E-state index contributed by atoms with van der Waals surface area (Å²) in [6.07, 6.45) is 2.55. The Kier molecular flexibility index (Phi) is 5.02. The summed E-state index contributed by atoms with van der Waals surface area (Å²) in [4.78, 5) is 26.1. The maximum absolute atomic E-state index is 12.2. The van der Waals surface area contributed by atoms with Crippen molar-refractivity contribution in [3.8, 4) is 0 Å². The zero-order chi connectivity index (χ0) is 17.8. The number of hydrogen-bond acceptors (Lipinski definition) is 5. The van der Waals surface area contributed by atoms with E-state index >= 15 is 0 Å². The third-order valence-corrected chi connectivity index (χ3v) is 4.13. The highest BCUT2D eigenvalue weighted by Crippen LogP contribution is 2.24. The summed E-state index contributed by atoms with van der Waals surface area (Å²) in [5, 5.41) is 9.56. The van der Waals surface area contributed by atoms with Gasteiger partial charge in [-0.1, -0.05) is 11.2 Å². The van der Waals surface area contributed by atoms with Crippen LogP contribution in [0.5, 0.6) is 0 Å². The van der Waals surface area contributed by atoms with Crippen LogP contribution < -0.4 is 15.5 Å². The summed E-state index contributed by atoms with van der Waals surface area (Å²) in [7, 11) is 0. The fourth-order valence-electron chi connectivity index (χ4n) is 2.81. The van der Waals surface area contributed by atoms with Gasteiger partial charge in [0.15, 0.2) is 0 Å². The molecule has 0 saturated carbocycles. The van der Waals surface area contributed by atoms with Gasteiger partial charge in [-0.2, -0.15) is 0 Å². The van der Waals surface area contributed by atoms with Gasteiger partial charge in [-0.3, -0.25) is 14.9 Å². The number of aryl methyl sites for hydroxylation is 1. The SMILES string of the molecule is Cc1cc(NC(=O)C(C)Nc2cccc(N3CCCCC3=O)c2)on1. The van der Waals surface area contributed by atoms with Crippen LogP contribution in [0.15, 0.2) is 34.9 Å². The highest BCUT2D eigenvalue weighted by molar-refractivity contribution is 5.96. The van der Waals surface area contributed by atoms with Crippen molar-refractivity contribution in [2.75, 3.05) is 22.1 Å². The molecule has 1 fully saturated rings. The lowest BCUT2D eigenvalue weighted by molar-refractivity contribution is -0.119. The fourth-order valence-corrected chi connectivity index (χ4v) is 2.81. The second-order valence-corrected chi connectivity index (χ2v) is 6.24. The molecular weight excluding hydrogens is 320 g/mol. The summed E-state index contributed by atoms with van der Waals surface area (Å²) < 4.78 is 4.99. The molecule has 1 aliphatic heterocycles. The van der Waals surface area contributed by atoms with Crippen LogP contribution in [0.25, 0.3) is 0 Å². The minimum Gasteiger partial charge on any atom is -0.374 e. The number of nitrogens with one attached hydrogen (secondary N) is 2. The van der Waals surface area contributed by atoms with Crippen LogP contribution in [-0.2, 0) is 9.59 Å². The van der Waals surface area contributed by atoms with Crippen LogP contribution in [-0.4, -0.2) is 29.6 Å². The first kappa shape index (κ1) is 17.0. The molecule has 0 bridgehead atoms. The van der Waals surface area contributed by atoms with Crippen LogP contribution in [0.4, 0.5) is 17.3 Å². The van der Waals surface area contributed by atoms with E-state index in [4.69, 9.17) is 4.52 Å². The van der Waals surface area contributed by atoms with Gasteiger partial charge >= 0.3 is 0 Å². The normalized spacial score (nSPS) is 15.8. The second-order valence-electron chi connectivity index (χ2n) is 6.24. The van der Waals surface area contributed by atoms with Gasteiger partial charge in [0.25, 0.3) is 0 Å². The van der Waals surface area contributed by atoms with E-state index in [2.05, 4.69) is 15.8 Å². The molecule has 2 aromatic rings. The molecule has 0 radical (unpaired) electrons. The molecule has 2 amide bonds. The number of carbonyl (C=O) groups excluding carboxylic acids is 2. The van der Waals surface area contributed by atoms with E-state index in [9.17, 15) is 9.59 Å². The van der Waals surface area contributed by atoms with Crippen LogP contribution >= 0.6 is 0 Å². The summed E-state index contributed by atoms with van der Waals surface area (Å²) in [5.74, 6) is 0.245. The van der Waals surface area contributed by atoms with E-state index in [0.717, 1.165) is 30.8 Å². The minimum atomic E-state index is -0.474. The Labute approximate surface area is 146 Å². The first-order chi connectivity index (χ1) is 12.0. The predicted molar refractivity (Wildman–Crippen MR) is 95.6 cm³/mol. The molecule has 1 aromatic carbocycles. The average Bonchev–Trinajstić information content (AvgIpc) is 3.00. The molecule has 1 aromatic heterocycles. The van der Waals surface area contributed by atoms with E-state index in [1.54, 1.807) is 24.8 Å². The summed E-state index contributed by atoms with van der Waals surface area (Å²) >= 11 is 0. The largest absolute Gasteiger partial charge is 0.374 e. The minimum absolute atomic E-state index is 0.148. The summed E-state index contributed by atoms with van der Waals surface area (Å²) in [5.41, 5.74) is 2.34. The molecule has 132 valence electrons. The molecule has 1 aliphatic rings. The van der Waals surface area contributed by atoms with Crippen molar-refractivity contribution in [1.29, 1.82) is 0 Å². The maximum Gasteiger partial charge on any atom is 0.248 e. The number of hydrogen-bond donors (Lipinski definition) is 2. The molecule has 0 aliphatic carbocycles. The molecular formula is C18H22N4O3. The first-order valence-corrected chi connectivity index (χ1v) is 8.44. The van der Waals surface area contributed by atoms with Crippen LogP contribution in [0.1, 0.15) is 31.9 Å². The van der Waals surface area contributed by atoms with Crippen LogP contribution in [0.3, 0.4) is 0 Å². The Morgan fingerprint density at radius 1 is 1.32 bits per heavy atom. The van der Waals surface area contributed by atoms with Gasteiger partial charge in [0.05, 0.1) is 5.69 Å². The zero-order valence-corrected chi connectivity index (χ0v) is 14.4. The number of rotatable bonds is 5. The smallest absolute Gasteiger partial charge is 0.248 e. The van der Waals surface area contributed by atoms with Crippen molar-refractivity contribution in [3.63, 3.8) is 0 Å². The average molecular weight is 342 g/mol. The molecule has 1 unspecified atom stereocenters. The van der Waals surface area contributed by atoms with Gasteiger partial charge in [-0.15, -0.1) is 0 Å².